The van der Waals surface area contributed by atoms with Gasteiger partial charge < -0.3 is 15.1 Å². The van der Waals surface area contributed by atoms with Gasteiger partial charge in [-0.1, -0.05) is 54.6 Å². The van der Waals surface area contributed by atoms with Gasteiger partial charge >= 0.3 is 0 Å². The smallest absolute Gasteiger partial charge is 0.255 e. The van der Waals surface area contributed by atoms with Gasteiger partial charge in [-0.25, -0.2) is 0 Å². The first-order chi connectivity index (χ1) is 17.6. The van der Waals surface area contributed by atoms with Crippen molar-refractivity contribution < 1.29 is 14.4 Å². The van der Waals surface area contributed by atoms with E-state index in [1.165, 1.54) is 5.56 Å². The van der Waals surface area contributed by atoms with Crippen LogP contribution in [-0.4, -0.2) is 52.9 Å². The van der Waals surface area contributed by atoms with E-state index in [-0.39, 0.29) is 23.1 Å². The van der Waals surface area contributed by atoms with Crippen LogP contribution in [0.3, 0.4) is 0 Å². The molecule has 0 saturated carbocycles. The van der Waals surface area contributed by atoms with Crippen LogP contribution in [0.5, 0.6) is 0 Å². The SMILES string of the molecule is O=C(Nc1ccccc1C(=O)N1CCCC1)c1ccc(C2SCC(=O)N2CCc2ccccc2)cc1. The molecule has 0 bridgehead atoms. The van der Waals surface area contributed by atoms with E-state index in [1.54, 1.807) is 36.0 Å². The summed E-state index contributed by atoms with van der Waals surface area (Å²) >= 11 is 1.61. The van der Waals surface area contributed by atoms with E-state index >= 15 is 0 Å². The number of thioether (sulfide) groups is 1. The molecule has 7 heteroatoms. The van der Waals surface area contributed by atoms with E-state index in [4.69, 9.17) is 0 Å². The molecule has 0 spiro atoms. The van der Waals surface area contributed by atoms with Crippen LogP contribution in [0.25, 0.3) is 0 Å². The molecule has 1 unspecified atom stereocenters. The molecule has 0 aromatic heterocycles. The van der Waals surface area contributed by atoms with Crippen molar-refractivity contribution in [2.75, 3.05) is 30.7 Å². The highest BCUT2D eigenvalue weighted by Crippen LogP contribution is 2.38. The average molecular weight is 500 g/mol. The number of rotatable bonds is 7. The average Bonchev–Trinajstić information content (AvgIpc) is 3.58. The minimum atomic E-state index is -0.265. The topological polar surface area (TPSA) is 69.7 Å². The lowest BCUT2D eigenvalue weighted by atomic mass is 10.1. The second-order valence-corrected chi connectivity index (χ2v) is 10.2. The molecule has 2 fully saturated rings. The predicted octanol–water partition coefficient (Wildman–Crippen LogP) is 4.99. The summed E-state index contributed by atoms with van der Waals surface area (Å²) in [5.41, 5.74) is 3.75. The molecule has 2 aliphatic rings. The molecule has 5 rings (SSSR count). The Morgan fingerprint density at radius 1 is 0.889 bits per heavy atom. The Bertz CT molecular complexity index is 1240. The number of carbonyl (C=O) groups is 3. The van der Waals surface area contributed by atoms with Gasteiger partial charge in [-0.15, -0.1) is 11.8 Å². The van der Waals surface area contributed by atoms with Crippen molar-refractivity contribution >= 4 is 35.2 Å². The predicted molar refractivity (Wildman–Crippen MR) is 143 cm³/mol. The van der Waals surface area contributed by atoms with Gasteiger partial charge in [0.2, 0.25) is 5.91 Å². The molecular weight excluding hydrogens is 470 g/mol. The van der Waals surface area contributed by atoms with Crippen LogP contribution in [0, 0.1) is 0 Å². The minimum absolute atomic E-state index is 0.0442. The highest BCUT2D eigenvalue weighted by atomic mass is 32.2. The van der Waals surface area contributed by atoms with Gasteiger partial charge in [-0.2, -0.15) is 0 Å². The lowest BCUT2D eigenvalue weighted by molar-refractivity contribution is -0.128. The van der Waals surface area contributed by atoms with E-state index in [1.807, 2.05) is 52.3 Å². The summed E-state index contributed by atoms with van der Waals surface area (Å²) < 4.78 is 0. The Kier molecular flexibility index (Phi) is 7.37. The molecule has 3 aromatic carbocycles. The zero-order valence-corrected chi connectivity index (χ0v) is 20.9. The Hall–Kier alpha value is -3.58. The number of nitrogens with one attached hydrogen (secondary N) is 1. The Labute approximate surface area is 215 Å². The van der Waals surface area contributed by atoms with Crippen molar-refractivity contribution in [1.29, 1.82) is 0 Å². The molecule has 1 N–H and O–H groups in total. The molecule has 0 radical (unpaired) electrons. The third-order valence-corrected chi connectivity index (χ3v) is 7.97. The van der Waals surface area contributed by atoms with E-state index in [9.17, 15) is 14.4 Å². The highest BCUT2D eigenvalue weighted by Gasteiger charge is 2.32. The van der Waals surface area contributed by atoms with Crippen LogP contribution in [0.15, 0.2) is 78.9 Å². The number of anilines is 1. The number of likely N-dealkylation sites (tertiary alicyclic amines) is 1. The summed E-state index contributed by atoms with van der Waals surface area (Å²) in [5, 5.41) is 2.86. The molecule has 6 nitrogen and oxygen atoms in total. The van der Waals surface area contributed by atoms with Crippen LogP contribution >= 0.6 is 11.8 Å². The van der Waals surface area contributed by atoms with Gasteiger partial charge in [-0.3, -0.25) is 14.4 Å². The quantitative estimate of drug-likeness (QED) is 0.497. The number of para-hydroxylation sites is 1. The molecule has 2 saturated heterocycles. The maximum atomic E-state index is 13.0. The molecule has 184 valence electrons. The molecule has 2 heterocycles. The first-order valence-electron chi connectivity index (χ1n) is 12.3. The summed E-state index contributed by atoms with van der Waals surface area (Å²) in [6, 6.07) is 24.7. The number of amides is 3. The largest absolute Gasteiger partial charge is 0.339 e. The summed E-state index contributed by atoms with van der Waals surface area (Å²) in [6.45, 7) is 2.17. The zero-order valence-electron chi connectivity index (χ0n) is 20.1. The van der Waals surface area contributed by atoms with E-state index in [0.29, 0.717) is 29.1 Å². The fourth-order valence-corrected chi connectivity index (χ4v) is 5.95. The lowest BCUT2D eigenvalue weighted by Gasteiger charge is -2.24. The monoisotopic (exact) mass is 499 g/mol. The van der Waals surface area contributed by atoms with Gasteiger partial charge in [0.05, 0.1) is 17.0 Å². The van der Waals surface area contributed by atoms with Gasteiger partial charge in [0.25, 0.3) is 11.8 Å². The number of hydrogen-bond acceptors (Lipinski definition) is 4. The lowest BCUT2D eigenvalue weighted by Crippen LogP contribution is -2.30. The molecule has 0 aliphatic carbocycles. The molecular formula is C29H29N3O3S. The van der Waals surface area contributed by atoms with E-state index in [2.05, 4.69) is 17.4 Å². The summed E-state index contributed by atoms with van der Waals surface area (Å²) in [4.78, 5) is 42.2. The second kappa shape index (κ2) is 11.0. The standard InChI is InChI=1S/C29H29N3O3S/c33-26-20-36-29(32(26)19-16-21-8-2-1-3-9-21)23-14-12-22(13-15-23)27(34)30-25-11-5-4-10-24(25)28(35)31-17-6-7-18-31/h1-5,8-15,29H,6-7,16-20H2,(H,30,34). The summed E-state index contributed by atoms with van der Waals surface area (Å²) in [7, 11) is 0. The van der Waals surface area contributed by atoms with Crippen LogP contribution in [0.4, 0.5) is 5.69 Å². The molecule has 2 aliphatic heterocycles. The van der Waals surface area contributed by atoms with Crippen LogP contribution in [-0.2, 0) is 11.2 Å². The third kappa shape index (κ3) is 5.31. The summed E-state index contributed by atoms with van der Waals surface area (Å²) in [6.07, 6.45) is 2.84. The number of hydrogen-bond donors (Lipinski definition) is 1. The summed E-state index contributed by atoms with van der Waals surface area (Å²) in [5.74, 6) is 0.294. The van der Waals surface area contributed by atoms with Crippen molar-refractivity contribution in [3.05, 3.63) is 101 Å². The minimum Gasteiger partial charge on any atom is -0.339 e. The molecule has 36 heavy (non-hydrogen) atoms. The van der Waals surface area contributed by atoms with Crippen molar-refractivity contribution in [2.45, 2.75) is 24.6 Å². The van der Waals surface area contributed by atoms with Crippen LogP contribution < -0.4 is 5.32 Å². The Morgan fingerprint density at radius 3 is 2.33 bits per heavy atom. The molecule has 3 amide bonds. The van der Waals surface area contributed by atoms with E-state index in [0.717, 1.165) is 37.9 Å². The van der Waals surface area contributed by atoms with Crippen molar-refractivity contribution in [3.8, 4) is 0 Å². The maximum absolute atomic E-state index is 13.0. The molecule has 1 atom stereocenters. The highest BCUT2D eigenvalue weighted by molar-refractivity contribution is 8.00. The van der Waals surface area contributed by atoms with Gasteiger partial charge in [0.1, 0.15) is 5.37 Å². The van der Waals surface area contributed by atoms with Gasteiger partial charge in [0, 0.05) is 25.2 Å². The normalized spacial score (nSPS) is 17.4. The van der Waals surface area contributed by atoms with Crippen molar-refractivity contribution in [1.82, 2.24) is 9.80 Å². The Balaban J connectivity index is 1.26. The maximum Gasteiger partial charge on any atom is 0.255 e. The fourth-order valence-electron chi connectivity index (χ4n) is 4.73. The van der Waals surface area contributed by atoms with Crippen molar-refractivity contribution in [3.63, 3.8) is 0 Å². The number of carbonyl (C=O) groups excluding carboxylic acids is 3. The number of nitrogens with zero attached hydrogens (tertiary/aromatic N) is 2. The number of benzene rings is 3. The fraction of sp³-hybridized carbons (Fsp3) is 0.276. The molecule has 3 aromatic rings. The second-order valence-electron chi connectivity index (χ2n) is 9.11. The first-order valence-corrected chi connectivity index (χ1v) is 13.4. The van der Waals surface area contributed by atoms with Crippen LogP contribution in [0.1, 0.15) is 50.1 Å². The first kappa shape index (κ1) is 24.1. The van der Waals surface area contributed by atoms with Crippen molar-refractivity contribution in [2.24, 2.45) is 0 Å². The van der Waals surface area contributed by atoms with E-state index < -0.39 is 0 Å². The zero-order chi connectivity index (χ0) is 24.9. The Morgan fingerprint density at radius 2 is 1.58 bits per heavy atom. The van der Waals surface area contributed by atoms with Crippen LogP contribution in [0.2, 0.25) is 0 Å². The van der Waals surface area contributed by atoms with Gasteiger partial charge in [-0.05, 0) is 54.7 Å². The third-order valence-electron chi connectivity index (χ3n) is 6.71. The van der Waals surface area contributed by atoms with Gasteiger partial charge in [0.15, 0.2) is 0 Å².